The molecule has 0 amide bonds. The average Bonchev–Trinajstić information content (AvgIpc) is 2.89. The Morgan fingerprint density at radius 1 is 1.19 bits per heavy atom. The molecule has 0 N–H and O–H groups in total. The summed E-state index contributed by atoms with van der Waals surface area (Å²) < 4.78 is 0.160. The second-order valence-electron chi connectivity index (χ2n) is 5.18. The van der Waals surface area contributed by atoms with Gasteiger partial charge in [0, 0.05) is 0 Å². The van der Waals surface area contributed by atoms with Gasteiger partial charge in [-0.25, -0.2) is 0 Å². The van der Waals surface area contributed by atoms with Crippen LogP contribution < -0.4 is 0 Å². The fourth-order valence-corrected chi connectivity index (χ4v) is 3.24. The first-order valence-corrected chi connectivity index (χ1v) is 6.26. The zero-order valence-electron chi connectivity index (χ0n) is 10.2. The third-order valence-electron chi connectivity index (χ3n) is 4.36. The van der Waals surface area contributed by atoms with Crippen LogP contribution in [0.2, 0.25) is 0 Å². The third-order valence-corrected chi connectivity index (χ3v) is 4.36. The zero-order valence-corrected chi connectivity index (χ0v) is 10.2. The molecule has 0 bridgehead atoms. The summed E-state index contributed by atoms with van der Waals surface area (Å²) in [4.78, 5) is 2.64. The summed E-state index contributed by atoms with van der Waals surface area (Å²) in [6.45, 7) is 4.77. The molecular weight excluding hydrogens is 189 g/mol. The van der Waals surface area contributed by atoms with Crippen LogP contribution in [0.25, 0.3) is 6.08 Å². The zero-order chi connectivity index (χ0) is 11.2. The standard InChI is InChI=1S/C14H16N.Li/c1-11-10-12-6-2-3-7-13(12)14(11)15-8-4-5-9-15;/h2-3,6-7,10H,4-5,8-9H2,1H3;. The predicted octanol–water partition coefficient (Wildman–Crippen LogP) is 2.52. The number of hydrogen-bond donors (Lipinski definition) is 0. The molecule has 1 saturated heterocycles. The van der Waals surface area contributed by atoms with Gasteiger partial charge < -0.3 is 0 Å². The molecule has 1 nitrogen and oxygen atoms in total. The molecule has 1 aliphatic carbocycles. The molecular formula is C14H16LiN. The number of likely N-dealkylation sites (tertiary alicyclic amines) is 1. The van der Waals surface area contributed by atoms with E-state index in [0.29, 0.717) is 0 Å². The van der Waals surface area contributed by atoms with Crippen LogP contribution in [0.5, 0.6) is 0 Å². The Balaban J connectivity index is 2.10. The Morgan fingerprint density at radius 2 is 1.88 bits per heavy atom. The van der Waals surface area contributed by atoms with Crippen molar-refractivity contribution in [1.82, 2.24) is 4.90 Å². The van der Waals surface area contributed by atoms with Crippen molar-refractivity contribution in [2.75, 3.05) is 13.1 Å². The number of benzene rings is 1. The summed E-state index contributed by atoms with van der Waals surface area (Å²) in [5.74, 6) is 0. The van der Waals surface area contributed by atoms with Gasteiger partial charge in [0.2, 0.25) is 0 Å². The average molecular weight is 205 g/mol. The van der Waals surface area contributed by atoms with Gasteiger partial charge in [-0.1, -0.05) is 0 Å². The molecule has 1 heterocycles. The molecule has 1 unspecified atom stereocenters. The molecule has 16 heavy (non-hydrogen) atoms. The first-order valence-electron chi connectivity index (χ1n) is 6.26. The van der Waals surface area contributed by atoms with Gasteiger partial charge in [0.05, 0.1) is 0 Å². The van der Waals surface area contributed by atoms with E-state index in [9.17, 15) is 0 Å². The van der Waals surface area contributed by atoms with Crippen molar-refractivity contribution in [3.05, 3.63) is 41.0 Å². The van der Waals surface area contributed by atoms with E-state index in [0.717, 1.165) is 0 Å². The minimum atomic E-state index is 0.160. The molecule has 78 valence electrons. The SMILES string of the molecule is [Li][C]1(N2CCCC2)C(C)=Cc2ccccc21. The monoisotopic (exact) mass is 205 g/mol. The summed E-state index contributed by atoms with van der Waals surface area (Å²) in [7, 11) is 0. The van der Waals surface area contributed by atoms with Gasteiger partial charge in [-0.15, -0.1) is 0 Å². The third kappa shape index (κ3) is 1.36. The van der Waals surface area contributed by atoms with Crippen molar-refractivity contribution in [3.63, 3.8) is 0 Å². The fraction of sp³-hybridized carbons (Fsp3) is 0.429. The Kier molecular flexibility index (Phi) is 2.51. The van der Waals surface area contributed by atoms with Crippen molar-refractivity contribution in [1.29, 1.82) is 0 Å². The number of rotatable bonds is 1. The van der Waals surface area contributed by atoms with Crippen molar-refractivity contribution < 1.29 is 0 Å². The van der Waals surface area contributed by atoms with Crippen molar-refractivity contribution in [2.24, 2.45) is 0 Å². The van der Waals surface area contributed by atoms with Crippen LogP contribution in [-0.2, 0) is 4.21 Å². The van der Waals surface area contributed by atoms with E-state index in [4.69, 9.17) is 0 Å². The van der Waals surface area contributed by atoms with Crippen LogP contribution >= 0.6 is 0 Å². The van der Waals surface area contributed by atoms with Crippen LogP contribution in [-0.4, -0.2) is 35.7 Å². The Hall–Kier alpha value is -0.483. The predicted molar refractivity (Wildman–Crippen MR) is 68.3 cm³/mol. The van der Waals surface area contributed by atoms with Crippen molar-refractivity contribution >= 4 is 23.8 Å². The van der Waals surface area contributed by atoms with E-state index < -0.39 is 0 Å². The van der Waals surface area contributed by atoms with E-state index >= 15 is 0 Å². The van der Waals surface area contributed by atoms with Crippen LogP contribution in [0.15, 0.2) is 29.8 Å². The fourth-order valence-electron chi connectivity index (χ4n) is 3.24. The molecule has 2 heteroatoms. The molecule has 1 aliphatic heterocycles. The molecule has 1 aromatic carbocycles. The van der Waals surface area contributed by atoms with E-state index in [1.807, 2.05) is 0 Å². The van der Waals surface area contributed by atoms with Crippen molar-refractivity contribution in [3.8, 4) is 0 Å². The summed E-state index contributed by atoms with van der Waals surface area (Å²) in [5.41, 5.74) is 4.40. The van der Waals surface area contributed by atoms with Crippen LogP contribution in [0.4, 0.5) is 0 Å². The summed E-state index contributed by atoms with van der Waals surface area (Å²) in [5, 5.41) is 0. The second kappa shape index (κ2) is 3.77. The van der Waals surface area contributed by atoms with Crippen molar-refractivity contribution in [2.45, 2.75) is 24.0 Å². The Morgan fingerprint density at radius 3 is 2.62 bits per heavy atom. The first-order chi connectivity index (χ1) is 7.73. The number of nitrogens with zero attached hydrogens (tertiary/aromatic N) is 1. The minimum absolute atomic E-state index is 0.160. The molecule has 1 atom stereocenters. The van der Waals surface area contributed by atoms with Gasteiger partial charge in [-0.05, 0) is 0 Å². The van der Waals surface area contributed by atoms with E-state index in [1.165, 1.54) is 42.6 Å². The molecule has 0 aromatic heterocycles. The van der Waals surface area contributed by atoms with Gasteiger partial charge >= 0.3 is 107 Å². The van der Waals surface area contributed by atoms with E-state index in [-0.39, 0.29) is 4.21 Å². The number of fused-ring (bicyclic) bond motifs is 1. The molecule has 1 aromatic rings. The molecule has 3 rings (SSSR count). The van der Waals surface area contributed by atoms with E-state index in [1.54, 1.807) is 0 Å². The van der Waals surface area contributed by atoms with Crippen LogP contribution in [0.1, 0.15) is 30.9 Å². The Labute approximate surface area is 107 Å². The second-order valence-corrected chi connectivity index (χ2v) is 5.18. The summed E-state index contributed by atoms with van der Waals surface area (Å²) in [6.07, 6.45) is 5.06. The van der Waals surface area contributed by atoms with Gasteiger partial charge in [0.25, 0.3) is 0 Å². The Bertz CT molecular complexity index is 446. The van der Waals surface area contributed by atoms with Crippen LogP contribution in [0, 0.1) is 0 Å². The van der Waals surface area contributed by atoms with E-state index in [2.05, 4.69) is 59.9 Å². The first kappa shape index (κ1) is 10.7. The number of hydrogen-bond acceptors (Lipinski definition) is 1. The topological polar surface area (TPSA) is 3.24 Å². The molecule has 0 saturated carbocycles. The van der Waals surface area contributed by atoms with Gasteiger partial charge in [-0.2, -0.15) is 0 Å². The molecule has 0 radical (unpaired) electrons. The summed E-state index contributed by atoms with van der Waals surface area (Å²) >= 11 is 2.38. The van der Waals surface area contributed by atoms with Gasteiger partial charge in [0.1, 0.15) is 0 Å². The summed E-state index contributed by atoms with van der Waals surface area (Å²) in [6, 6.07) is 8.83. The maximum absolute atomic E-state index is 2.64. The van der Waals surface area contributed by atoms with Gasteiger partial charge in [0.15, 0.2) is 0 Å². The molecule has 0 spiro atoms. The molecule has 2 aliphatic rings. The maximum atomic E-state index is 2.64. The van der Waals surface area contributed by atoms with Gasteiger partial charge in [-0.3, -0.25) is 0 Å². The van der Waals surface area contributed by atoms with Crippen LogP contribution in [0.3, 0.4) is 0 Å². The quantitative estimate of drug-likeness (QED) is 0.637. The normalized spacial score (nSPS) is 29.3. The molecule has 1 fully saturated rings.